The second-order valence-electron chi connectivity index (χ2n) is 6.68. The summed E-state index contributed by atoms with van der Waals surface area (Å²) < 4.78 is 5.49. The molecular weight excluding hydrogens is 320 g/mol. The Morgan fingerprint density at radius 2 is 1.62 bits per heavy atom. The SMILES string of the molecule is C1=CC(c2ccccc2)(c2ccccc2)Cc2c[nH]c(-c3cnco3)c21. The standard InChI is InChI=1S/C23H18N2O/c1-3-7-18(8-4-1)23(19-9-5-2-6-10-19)12-11-20-17(13-23)14-25-22(20)21-15-24-16-26-21/h1-12,14-16,25H,13H2. The van der Waals surface area contributed by atoms with Crippen LogP contribution in [0.1, 0.15) is 22.3 Å². The van der Waals surface area contributed by atoms with E-state index in [2.05, 4.69) is 89.0 Å². The molecule has 0 radical (unpaired) electrons. The Bertz CT molecular complexity index is 1000. The number of nitrogens with zero attached hydrogens (tertiary/aromatic N) is 1. The van der Waals surface area contributed by atoms with Gasteiger partial charge in [-0.05, 0) is 23.1 Å². The van der Waals surface area contributed by atoms with Gasteiger partial charge in [0.15, 0.2) is 12.2 Å². The van der Waals surface area contributed by atoms with Gasteiger partial charge in [0.25, 0.3) is 0 Å². The maximum atomic E-state index is 5.49. The molecule has 4 aromatic rings. The Hall–Kier alpha value is -3.33. The van der Waals surface area contributed by atoms with E-state index in [1.54, 1.807) is 6.20 Å². The molecule has 0 saturated heterocycles. The van der Waals surface area contributed by atoms with Gasteiger partial charge in [-0.3, -0.25) is 0 Å². The van der Waals surface area contributed by atoms with Crippen molar-refractivity contribution in [1.82, 2.24) is 9.97 Å². The third-order valence-electron chi connectivity index (χ3n) is 5.27. The Morgan fingerprint density at radius 1 is 0.923 bits per heavy atom. The van der Waals surface area contributed by atoms with Crippen molar-refractivity contribution in [3.8, 4) is 11.5 Å². The largest absolute Gasteiger partial charge is 0.442 e. The quantitative estimate of drug-likeness (QED) is 0.556. The van der Waals surface area contributed by atoms with Crippen molar-refractivity contribution in [2.75, 3.05) is 0 Å². The second-order valence-corrected chi connectivity index (χ2v) is 6.68. The van der Waals surface area contributed by atoms with Crippen molar-refractivity contribution in [1.29, 1.82) is 0 Å². The summed E-state index contributed by atoms with van der Waals surface area (Å²) in [7, 11) is 0. The van der Waals surface area contributed by atoms with Crippen molar-refractivity contribution >= 4 is 6.08 Å². The topological polar surface area (TPSA) is 41.8 Å². The van der Waals surface area contributed by atoms with Crippen LogP contribution in [-0.2, 0) is 11.8 Å². The van der Waals surface area contributed by atoms with Gasteiger partial charge in [-0.15, -0.1) is 0 Å². The zero-order valence-corrected chi connectivity index (χ0v) is 14.2. The zero-order chi connectivity index (χ0) is 17.4. The van der Waals surface area contributed by atoms with Crippen LogP contribution in [0.4, 0.5) is 0 Å². The van der Waals surface area contributed by atoms with E-state index in [-0.39, 0.29) is 5.41 Å². The normalized spacial score (nSPS) is 14.9. The molecule has 2 aromatic heterocycles. The Morgan fingerprint density at radius 3 is 2.23 bits per heavy atom. The van der Waals surface area contributed by atoms with Crippen molar-refractivity contribution in [2.45, 2.75) is 11.8 Å². The van der Waals surface area contributed by atoms with E-state index in [9.17, 15) is 0 Å². The molecule has 126 valence electrons. The van der Waals surface area contributed by atoms with E-state index in [0.717, 1.165) is 17.9 Å². The average molecular weight is 338 g/mol. The van der Waals surface area contributed by atoms with Crippen LogP contribution in [0, 0.1) is 0 Å². The van der Waals surface area contributed by atoms with Crippen molar-refractivity contribution in [2.24, 2.45) is 0 Å². The minimum Gasteiger partial charge on any atom is -0.442 e. The molecule has 3 nitrogen and oxygen atoms in total. The summed E-state index contributed by atoms with van der Waals surface area (Å²) in [4.78, 5) is 7.41. The van der Waals surface area contributed by atoms with Gasteiger partial charge in [-0.1, -0.05) is 72.8 Å². The minimum absolute atomic E-state index is 0.170. The van der Waals surface area contributed by atoms with E-state index >= 15 is 0 Å². The molecule has 0 atom stereocenters. The molecule has 0 amide bonds. The lowest BCUT2D eigenvalue weighted by Gasteiger charge is -2.35. The summed E-state index contributed by atoms with van der Waals surface area (Å²) in [5.41, 5.74) is 5.89. The predicted octanol–water partition coefficient (Wildman–Crippen LogP) is 5.23. The number of oxazole rings is 1. The number of aromatic amines is 1. The number of nitrogens with one attached hydrogen (secondary N) is 1. The van der Waals surface area contributed by atoms with Gasteiger partial charge in [0.2, 0.25) is 0 Å². The van der Waals surface area contributed by atoms with Crippen LogP contribution >= 0.6 is 0 Å². The van der Waals surface area contributed by atoms with Gasteiger partial charge in [0.1, 0.15) is 0 Å². The first-order chi connectivity index (χ1) is 12.9. The Kier molecular flexibility index (Phi) is 3.39. The molecule has 1 aliphatic carbocycles. The lowest BCUT2D eigenvalue weighted by atomic mass is 9.68. The van der Waals surface area contributed by atoms with Crippen LogP contribution in [0.2, 0.25) is 0 Å². The fourth-order valence-electron chi connectivity index (χ4n) is 3.97. The first-order valence-corrected chi connectivity index (χ1v) is 8.76. The highest BCUT2D eigenvalue weighted by Crippen LogP contribution is 2.43. The van der Waals surface area contributed by atoms with Crippen molar-refractivity contribution in [3.05, 3.63) is 108 Å². The number of allylic oxidation sites excluding steroid dienone is 1. The molecule has 0 fully saturated rings. The van der Waals surface area contributed by atoms with Crippen molar-refractivity contribution in [3.63, 3.8) is 0 Å². The maximum absolute atomic E-state index is 5.49. The number of rotatable bonds is 3. The van der Waals surface area contributed by atoms with Crippen LogP contribution in [0.3, 0.4) is 0 Å². The summed E-state index contributed by atoms with van der Waals surface area (Å²) >= 11 is 0. The number of aromatic nitrogens is 2. The Labute approximate surface area is 152 Å². The smallest absolute Gasteiger partial charge is 0.181 e. The highest BCUT2D eigenvalue weighted by molar-refractivity contribution is 5.75. The van der Waals surface area contributed by atoms with Gasteiger partial charge in [0, 0.05) is 17.2 Å². The minimum atomic E-state index is -0.170. The lowest BCUT2D eigenvalue weighted by Crippen LogP contribution is -2.30. The molecule has 5 rings (SSSR count). The Balaban J connectivity index is 1.67. The third-order valence-corrected chi connectivity index (χ3v) is 5.27. The van der Waals surface area contributed by atoms with E-state index in [0.29, 0.717) is 0 Å². The maximum Gasteiger partial charge on any atom is 0.181 e. The van der Waals surface area contributed by atoms with Gasteiger partial charge < -0.3 is 9.40 Å². The molecule has 0 unspecified atom stereocenters. The first kappa shape index (κ1) is 15.0. The van der Waals surface area contributed by atoms with E-state index in [1.807, 2.05) is 0 Å². The molecule has 0 saturated carbocycles. The summed E-state index contributed by atoms with van der Waals surface area (Å²) in [5.74, 6) is 0.767. The van der Waals surface area contributed by atoms with Crippen LogP contribution in [0.25, 0.3) is 17.5 Å². The van der Waals surface area contributed by atoms with Crippen molar-refractivity contribution < 1.29 is 4.42 Å². The molecule has 0 aliphatic heterocycles. The average Bonchev–Trinajstić information content (AvgIpc) is 3.38. The van der Waals surface area contributed by atoms with Crippen LogP contribution in [0.5, 0.6) is 0 Å². The van der Waals surface area contributed by atoms with Crippen LogP contribution in [-0.4, -0.2) is 9.97 Å². The highest BCUT2D eigenvalue weighted by Gasteiger charge is 2.35. The van der Waals surface area contributed by atoms with Gasteiger partial charge >= 0.3 is 0 Å². The number of hydrogen-bond acceptors (Lipinski definition) is 2. The summed E-state index contributed by atoms with van der Waals surface area (Å²) in [5, 5.41) is 0. The van der Waals surface area contributed by atoms with E-state index in [4.69, 9.17) is 4.42 Å². The highest BCUT2D eigenvalue weighted by atomic mass is 16.3. The van der Waals surface area contributed by atoms with Crippen LogP contribution < -0.4 is 0 Å². The molecule has 0 spiro atoms. The fraction of sp³-hybridized carbons (Fsp3) is 0.0870. The molecule has 2 aromatic carbocycles. The van der Waals surface area contributed by atoms with Gasteiger partial charge in [0.05, 0.1) is 11.9 Å². The van der Waals surface area contributed by atoms with E-state index in [1.165, 1.54) is 28.6 Å². The van der Waals surface area contributed by atoms with E-state index < -0.39 is 0 Å². The number of hydrogen-bond donors (Lipinski definition) is 1. The number of fused-ring (bicyclic) bond motifs is 1. The second kappa shape index (κ2) is 5.88. The molecule has 2 heterocycles. The zero-order valence-electron chi connectivity index (χ0n) is 14.2. The molecule has 0 bridgehead atoms. The summed E-state index contributed by atoms with van der Waals surface area (Å²) in [6.07, 6.45) is 10.7. The molecule has 3 heteroatoms. The predicted molar refractivity (Wildman–Crippen MR) is 103 cm³/mol. The third kappa shape index (κ3) is 2.25. The summed E-state index contributed by atoms with van der Waals surface area (Å²) in [6.45, 7) is 0. The lowest BCUT2D eigenvalue weighted by molar-refractivity contribution is 0.570. The first-order valence-electron chi connectivity index (χ1n) is 8.76. The number of H-pyrrole nitrogens is 1. The van der Waals surface area contributed by atoms with Gasteiger partial charge in [-0.25, -0.2) is 4.98 Å². The summed E-state index contributed by atoms with van der Waals surface area (Å²) in [6, 6.07) is 21.4. The molecular formula is C23H18N2O. The fourth-order valence-corrected chi connectivity index (χ4v) is 3.97. The molecule has 1 aliphatic rings. The molecule has 1 N–H and O–H groups in total. The molecule has 26 heavy (non-hydrogen) atoms. The van der Waals surface area contributed by atoms with Crippen LogP contribution in [0.15, 0.2) is 89.9 Å². The monoisotopic (exact) mass is 338 g/mol. The number of benzene rings is 2. The van der Waals surface area contributed by atoms with Gasteiger partial charge in [-0.2, -0.15) is 0 Å².